The molecular formula is C50H59N11O8. The third-order valence-electron chi connectivity index (χ3n) is 12.6. The summed E-state index contributed by atoms with van der Waals surface area (Å²) in [7, 11) is 1.88. The zero-order valence-electron chi connectivity index (χ0n) is 39.1. The van der Waals surface area contributed by atoms with Crippen LogP contribution in [0.25, 0.3) is 11.5 Å². The monoisotopic (exact) mass is 941 g/mol. The molecule has 19 nitrogen and oxygen atoms in total. The van der Waals surface area contributed by atoms with Crippen molar-refractivity contribution >= 4 is 40.9 Å². The molecule has 3 aliphatic rings. The van der Waals surface area contributed by atoms with E-state index in [0.29, 0.717) is 94.8 Å². The van der Waals surface area contributed by atoms with E-state index in [1.807, 2.05) is 84.1 Å². The number of anilines is 2. The van der Waals surface area contributed by atoms with Crippen molar-refractivity contribution in [3.8, 4) is 17.3 Å². The molecule has 2 aromatic heterocycles. The van der Waals surface area contributed by atoms with E-state index in [9.17, 15) is 24.0 Å². The fraction of sp³-hybridized carbons (Fsp3) is 0.420. The number of imide groups is 1. The number of unbranched alkanes of at least 4 members (excludes halogenated alkanes) is 3. The van der Waals surface area contributed by atoms with Gasteiger partial charge < -0.3 is 44.1 Å². The van der Waals surface area contributed by atoms with Crippen LogP contribution in [0.1, 0.15) is 89.2 Å². The number of fused-ring (bicyclic) bond motifs is 1. The summed E-state index contributed by atoms with van der Waals surface area (Å²) in [6.45, 7) is 7.08. The summed E-state index contributed by atoms with van der Waals surface area (Å²) in [5.74, 6) is 0.956. The van der Waals surface area contributed by atoms with Gasteiger partial charge in [0.2, 0.25) is 17.7 Å². The molecule has 3 aliphatic heterocycles. The van der Waals surface area contributed by atoms with Crippen molar-refractivity contribution in [2.24, 2.45) is 7.05 Å². The number of piperidine rings is 1. The van der Waals surface area contributed by atoms with Crippen molar-refractivity contribution in [2.45, 2.75) is 70.6 Å². The average molecular weight is 942 g/mol. The molecule has 0 saturated carbocycles. The summed E-state index contributed by atoms with van der Waals surface area (Å²) in [4.78, 5) is 77.0. The largest absolute Gasteiger partial charge is 0.494 e. The zero-order valence-corrected chi connectivity index (χ0v) is 39.1. The third kappa shape index (κ3) is 12.5. The fourth-order valence-electron chi connectivity index (χ4n) is 8.64. The van der Waals surface area contributed by atoms with Crippen LogP contribution in [0, 0.1) is 0 Å². The lowest BCUT2D eigenvalue weighted by atomic mass is 10.0. The first-order chi connectivity index (χ1) is 33.6. The van der Waals surface area contributed by atoms with Gasteiger partial charge in [0, 0.05) is 81.5 Å². The number of benzene rings is 3. The van der Waals surface area contributed by atoms with E-state index >= 15 is 0 Å². The molecule has 362 valence electrons. The number of nitrogens with one attached hydrogen (secondary N) is 3. The molecule has 2 atom stereocenters. The molecule has 0 aliphatic carbocycles. The van der Waals surface area contributed by atoms with E-state index in [1.54, 1.807) is 23.2 Å². The Balaban J connectivity index is 0.648. The van der Waals surface area contributed by atoms with Crippen molar-refractivity contribution in [3.05, 3.63) is 113 Å². The van der Waals surface area contributed by atoms with Crippen molar-refractivity contribution < 1.29 is 38.2 Å². The van der Waals surface area contributed by atoms with Gasteiger partial charge in [-0.05, 0) is 98.3 Å². The molecule has 3 N–H and O–H groups in total. The Morgan fingerprint density at radius 1 is 0.870 bits per heavy atom. The molecule has 0 radical (unpaired) electrons. The fourth-order valence-corrected chi connectivity index (χ4v) is 8.64. The maximum atomic E-state index is 13.3. The molecule has 1 unspecified atom stereocenters. The Bertz CT molecular complexity index is 2600. The van der Waals surface area contributed by atoms with E-state index in [-0.39, 0.29) is 42.7 Å². The maximum Gasteiger partial charge on any atom is 0.255 e. The van der Waals surface area contributed by atoms with E-state index in [0.717, 1.165) is 59.8 Å². The second-order valence-corrected chi connectivity index (χ2v) is 17.3. The van der Waals surface area contributed by atoms with Gasteiger partial charge in [-0.2, -0.15) is 0 Å². The lowest BCUT2D eigenvalue weighted by Gasteiger charge is -2.36. The highest BCUT2D eigenvalue weighted by Crippen LogP contribution is 2.31. The molecule has 0 bridgehead atoms. The van der Waals surface area contributed by atoms with Crippen molar-refractivity contribution in [1.82, 2.24) is 45.2 Å². The second kappa shape index (κ2) is 23.2. The Morgan fingerprint density at radius 2 is 1.68 bits per heavy atom. The maximum absolute atomic E-state index is 13.3. The highest BCUT2D eigenvalue weighted by molar-refractivity contribution is 6.05. The summed E-state index contributed by atoms with van der Waals surface area (Å²) >= 11 is 0. The first kappa shape index (κ1) is 48.2. The molecule has 5 aromatic rings. The number of piperazine rings is 1. The lowest BCUT2D eigenvalue weighted by Crippen LogP contribution is -2.52. The molecule has 8 rings (SSSR count). The standard InChI is InChI=1S/C50H59N11O8/c1-34(54-48(64)36-10-7-11-38(27-36)52-30-44-56-57-47(58(44)2)42-17-18-51-33-53-42)35-9-8-12-40(29-35)69-24-6-4-3-5-23-67-25-26-68-32-46(63)60-21-19-59(20-22-60)39-13-14-41-37(28-39)31-61(50(41)66)43-15-16-45(62)55-49(43)65/h7-14,17-18,27-29,33-34,43,52H,3-6,15-16,19-26,30-32H2,1-2H3,(H,54,64)(H,55,62,65)/t34-,43?/m1/s1. The molecule has 2 saturated heterocycles. The van der Waals surface area contributed by atoms with Crippen LogP contribution in [0.15, 0.2) is 85.3 Å². The van der Waals surface area contributed by atoms with E-state index < -0.39 is 11.9 Å². The van der Waals surface area contributed by atoms with Crippen LogP contribution < -0.4 is 25.6 Å². The molecule has 19 heteroatoms. The number of rotatable bonds is 22. The minimum atomic E-state index is -0.645. The summed E-state index contributed by atoms with van der Waals surface area (Å²) in [5, 5.41) is 17.4. The molecule has 69 heavy (non-hydrogen) atoms. The Labute approximate surface area is 400 Å². The molecule has 5 amide bonds. The topological polar surface area (TPSA) is 215 Å². The molecular weight excluding hydrogens is 883 g/mol. The number of hydrogen-bond donors (Lipinski definition) is 3. The highest BCUT2D eigenvalue weighted by Gasteiger charge is 2.39. The van der Waals surface area contributed by atoms with Gasteiger partial charge in [0.1, 0.15) is 30.4 Å². The normalized spacial score (nSPS) is 16.3. The van der Waals surface area contributed by atoms with Gasteiger partial charge >= 0.3 is 0 Å². The van der Waals surface area contributed by atoms with Crippen LogP contribution >= 0.6 is 0 Å². The van der Waals surface area contributed by atoms with Gasteiger partial charge in [0.05, 0.1) is 32.4 Å². The van der Waals surface area contributed by atoms with E-state index in [4.69, 9.17) is 14.2 Å². The summed E-state index contributed by atoms with van der Waals surface area (Å²) in [5.41, 5.74) is 5.35. The van der Waals surface area contributed by atoms with Crippen LogP contribution in [0.2, 0.25) is 0 Å². The van der Waals surface area contributed by atoms with Gasteiger partial charge in [0.25, 0.3) is 11.8 Å². The van der Waals surface area contributed by atoms with Gasteiger partial charge in [-0.1, -0.05) is 24.6 Å². The number of nitrogens with zero attached hydrogens (tertiary/aromatic N) is 8. The van der Waals surface area contributed by atoms with Gasteiger partial charge in [-0.15, -0.1) is 10.2 Å². The lowest BCUT2D eigenvalue weighted by molar-refractivity contribution is -0.138. The minimum Gasteiger partial charge on any atom is -0.494 e. The average Bonchev–Trinajstić information content (AvgIpc) is 3.91. The summed E-state index contributed by atoms with van der Waals surface area (Å²) < 4.78 is 19.3. The number of hydrogen-bond acceptors (Lipinski definition) is 14. The Kier molecular flexibility index (Phi) is 16.2. The number of carbonyl (C=O) groups excluding carboxylic acids is 5. The first-order valence-electron chi connectivity index (χ1n) is 23.6. The van der Waals surface area contributed by atoms with Crippen molar-refractivity contribution in [3.63, 3.8) is 0 Å². The molecule has 0 spiro atoms. The zero-order chi connectivity index (χ0) is 48.1. The van der Waals surface area contributed by atoms with Gasteiger partial charge in [0.15, 0.2) is 11.6 Å². The molecule has 5 heterocycles. The van der Waals surface area contributed by atoms with Crippen LogP contribution in [0.3, 0.4) is 0 Å². The minimum absolute atomic E-state index is 0.00485. The third-order valence-corrected chi connectivity index (χ3v) is 12.6. The van der Waals surface area contributed by atoms with E-state index in [1.165, 1.54) is 6.33 Å². The molecule has 2 fully saturated rings. The van der Waals surface area contributed by atoms with Crippen LogP contribution in [-0.4, -0.2) is 129 Å². The van der Waals surface area contributed by atoms with Crippen LogP contribution in [0.4, 0.5) is 11.4 Å². The highest BCUT2D eigenvalue weighted by atomic mass is 16.5. The van der Waals surface area contributed by atoms with Crippen LogP contribution in [-0.2, 0) is 44.0 Å². The van der Waals surface area contributed by atoms with Gasteiger partial charge in [-0.25, -0.2) is 9.97 Å². The summed E-state index contributed by atoms with van der Waals surface area (Å²) in [6, 6.07) is 21.8. The SMILES string of the molecule is C[C@@H](NC(=O)c1cccc(NCc2nnc(-c3ccncn3)n2C)c1)c1cccc(OCCCCCCOCCOCC(=O)N2CCN(c3ccc4c(c3)CN(C3CCC(=O)NC3=O)C4=O)CC2)c1. The Morgan fingerprint density at radius 3 is 2.49 bits per heavy atom. The first-order valence-corrected chi connectivity index (χ1v) is 23.6. The number of aromatic nitrogens is 5. The number of ether oxygens (including phenoxy) is 3. The predicted octanol–water partition coefficient (Wildman–Crippen LogP) is 4.46. The van der Waals surface area contributed by atoms with Gasteiger partial charge in [-0.3, -0.25) is 29.3 Å². The quantitative estimate of drug-likeness (QED) is 0.0646. The van der Waals surface area contributed by atoms with Crippen LogP contribution in [0.5, 0.6) is 5.75 Å². The number of carbonyl (C=O) groups is 5. The number of amides is 5. The predicted molar refractivity (Wildman–Crippen MR) is 255 cm³/mol. The Hall–Kier alpha value is -7.25. The molecule has 3 aromatic carbocycles. The smallest absolute Gasteiger partial charge is 0.255 e. The van der Waals surface area contributed by atoms with E-state index in [2.05, 4.69) is 41.0 Å². The second-order valence-electron chi connectivity index (χ2n) is 17.3. The summed E-state index contributed by atoms with van der Waals surface area (Å²) in [6.07, 6.45) is 7.51. The van der Waals surface area contributed by atoms with Crippen molar-refractivity contribution in [2.75, 3.05) is 69.4 Å². The van der Waals surface area contributed by atoms with Crippen molar-refractivity contribution in [1.29, 1.82) is 0 Å².